The maximum absolute atomic E-state index is 12.3. The molecule has 0 spiro atoms. The van der Waals surface area contributed by atoms with E-state index in [1.807, 2.05) is 25.1 Å². The molecular formula is C18H17NO4S. The molecule has 0 aliphatic heterocycles. The van der Waals surface area contributed by atoms with E-state index >= 15 is 0 Å². The van der Waals surface area contributed by atoms with Crippen LogP contribution in [-0.4, -0.2) is 20.6 Å². The molecule has 2 aromatic carbocycles. The molecule has 0 aliphatic carbocycles. The van der Waals surface area contributed by atoms with Gasteiger partial charge in [-0.1, -0.05) is 30.3 Å². The molecule has 0 saturated carbocycles. The summed E-state index contributed by atoms with van der Waals surface area (Å²) in [5.74, 6) is -0.0679. The highest BCUT2D eigenvalue weighted by atomic mass is 32.2. The van der Waals surface area contributed by atoms with E-state index in [1.165, 1.54) is 12.1 Å². The van der Waals surface area contributed by atoms with Gasteiger partial charge in [-0.15, -0.1) is 0 Å². The zero-order valence-electron chi connectivity index (χ0n) is 13.3. The Balaban J connectivity index is 1.76. The summed E-state index contributed by atoms with van der Waals surface area (Å²) in [6.45, 7) is 1.83. The van der Waals surface area contributed by atoms with Crippen LogP contribution in [0.1, 0.15) is 29.1 Å². The number of nitrogens with one attached hydrogen (secondary N) is 1. The second kappa shape index (κ2) is 6.13. The van der Waals surface area contributed by atoms with Crippen molar-refractivity contribution in [2.24, 2.45) is 0 Å². The number of carbonyl (C=O) groups excluding carboxylic acids is 1. The summed E-state index contributed by atoms with van der Waals surface area (Å²) in [5, 5.41) is 3.72. The molecule has 0 unspecified atom stereocenters. The standard InChI is InChI=1S/C18H17NO4S/c1-12(13-7-9-15(10-8-13)24(2,21)22)19-18(20)17-11-14-5-3-4-6-16(14)23-17/h3-12H,1-2H3,(H,19,20)/t12-/m0/s1. The van der Waals surface area contributed by atoms with Crippen LogP contribution < -0.4 is 5.32 Å². The maximum Gasteiger partial charge on any atom is 0.287 e. The second-order valence-corrected chi connectivity index (χ2v) is 7.70. The number of fused-ring (bicyclic) bond motifs is 1. The van der Waals surface area contributed by atoms with Gasteiger partial charge < -0.3 is 9.73 Å². The summed E-state index contributed by atoms with van der Waals surface area (Å²) in [5.41, 5.74) is 1.47. The van der Waals surface area contributed by atoms with Crippen LogP contribution >= 0.6 is 0 Å². The zero-order valence-corrected chi connectivity index (χ0v) is 14.1. The Morgan fingerprint density at radius 2 is 1.75 bits per heavy atom. The highest BCUT2D eigenvalue weighted by Gasteiger charge is 2.16. The van der Waals surface area contributed by atoms with Gasteiger partial charge >= 0.3 is 0 Å². The van der Waals surface area contributed by atoms with E-state index in [0.29, 0.717) is 5.58 Å². The Hall–Kier alpha value is -2.60. The van der Waals surface area contributed by atoms with Crippen LogP contribution in [0.3, 0.4) is 0 Å². The number of amides is 1. The summed E-state index contributed by atoms with van der Waals surface area (Å²) < 4.78 is 28.5. The van der Waals surface area contributed by atoms with Crippen molar-refractivity contribution >= 4 is 26.7 Å². The van der Waals surface area contributed by atoms with Crippen LogP contribution in [0.2, 0.25) is 0 Å². The average molecular weight is 343 g/mol. The molecule has 5 nitrogen and oxygen atoms in total. The topological polar surface area (TPSA) is 76.4 Å². The number of furan rings is 1. The molecule has 1 aromatic heterocycles. The Labute approximate surface area is 140 Å². The molecule has 1 amide bonds. The highest BCUT2D eigenvalue weighted by Crippen LogP contribution is 2.20. The van der Waals surface area contributed by atoms with E-state index in [2.05, 4.69) is 5.32 Å². The van der Waals surface area contributed by atoms with Crippen molar-refractivity contribution in [2.45, 2.75) is 17.9 Å². The Kier molecular flexibility index (Phi) is 4.15. The number of carbonyl (C=O) groups is 1. The normalized spacial score (nSPS) is 12.9. The summed E-state index contributed by atoms with van der Waals surface area (Å²) in [7, 11) is -3.23. The lowest BCUT2D eigenvalue weighted by Crippen LogP contribution is -2.26. The number of benzene rings is 2. The predicted octanol–water partition coefficient (Wildman–Crippen LogP) is 3.33. The van der Waals surface area contributed by atoms with Crippen molar-refractivity contribution in [3.8, 4) is 0 Å². The van der Waals surface area contributed by atoms with Gasteiger partial charge in [-0.2, -0.15) is 0 Å². The van der Waals surface area contributed by atoms with Crippen molar-refractivity contribution in [3.63, 3.8) is 0 Å². The Morgan fingerprint density at radius 1 is 1.08 bits per heavy atom. The lowest BCUT2D eigenvalue weighted by Gasteiger charge is -2.13. The summed E-state index contributed by atoms with van der Waals surface area (Å²) in [6.07, 6.45) is 1.16. The van der Waals surface area contributed by atoms with Gasteiger partial charge in [0.15, 0.2) is 15.6 Å². The largest absolute Gasteiger partial charge is 0.451 e. The minimum Gasteiger partial charge on any atom is -0.451 e. The monoisotopic (exact) mass is 343 g/mol. The smallest absolute Gasteiger partial charge is 0.287 e. The van der Waals surface area contributed by atoms with E-state index in [-0.39, 0.29) is 22.6 Å². The van der Waals surface area contributed by atoms with E-state index < -0.39 is 9.84 Å². The van der Waals surface area contributed by atoms with Crippen molar-refractivity contribution in [3.05, 3.63) is 65.9 Å². The van der Waals surface area contributed by atoms with Crippen molar-refractivity contribution in [2.75, 3.05) is 6.26 Å². The first-order valence-corrected chi connectivity index (χ1v) is 9.33. The van der Waals surface area contributed by atoms with Gasteiger partial charge in [0.2, 0.25) is 0 Å². The minimum absolute atomic E-state index is 0.246. The zero-order chi connectivity index (χ0) is 17.3. The van der Waals surface area contributed by atoms with Gasteiger partial charge in [0, 0.05) is 11.6 Å². The fraction of sp³-hybridized carbons (Fsp3) is 0.167. The lowest BCUT2D eigenvalue weighted by molar-refractivity contribution is 0.0914. The molecule has 3 rings (SSSR count). The van der Waals surface area contributed by atoms with Gasteiger partial charge in [-0.05, 0) is 36.8 Å². The molecule has 1 N–H and O–H groups in total. The minimum atomic E-state index is -3.23. The fourth-order valence-electron chi connectivity index (χ4n) is 2.45. The van der Waals surface area contributed by atoms with E-state index in [9.17, 15) is 13.2 Å². The molecule has 24 heavy (non-hydrogen) atoms. The van der Waals surface area contributed by atoms with Gasteiger partial charge in [-0.25, -0.2) is 8.42 Å². The molecule has 3 aromatic rings. The molecule has 1 heterocycles. The van der Waals surface area contributed by atoms with E-state index in [0.717, 1.165) is 17.2 Å². The lowest BCUT2D eigenvalue weighted by atomic mass is 10.1. The molecule has 0 saturated heterocycles. The SMILES string of the molecule is C[C@H](NC(=O)c1cc2ccccc2o1)c1ccc(S(C)(=O)=O)cc1. The number of hydrogen-bond acceptors (Lipinski definition) is 4. The van der Waals surface area contributed by atoms with Gasteiger partial charge in [0.1, 0.15) is 5.58 Å². The molecule has 0 fully saturated rings. The molecule has 0 bridgehead atoms. The van der Waals surface area contributed by atoms with Crippen LogP contribution in [-0.2, 0) is 9.84 Å². The summed E-state index contributed by atoms with van der Waals surface area (Å²) >= 11 is 0. The Morgan fingerprint density at radius 3 is 2.38 bits per heavy atom. The molecule has 6 heteroatoms. The third-order valence-electron chi connectivity index (χ3n) is 3.81. The van der Waals surface area contributed by atoms with Crippen LogP contribution in [0, 0.1) is 0 Å². The average Bonchev–Trinajstić information content (AvgIpc) is 2.98. The number of sulfone groups is 1. The van der Waals surface area contributed by atoms with Gasteiger partial charge in [-0.3, -0.25) is 4.79 Å². The molecule has 1 atom stereocenters. The van der Waals surface area contributed by atoms with Gasteiger partial charge in [0.25, 0.3) is 5.91 Å². The van der Waals surface area contributed by atoms with E-state index in [1.54, 1.807) is 24.3 Å². The summed E-state index contributed by atoms with van der Waals surface area (Å²) in [4.78, 5) is 12.6. The maximum atomic E-state index is 12.3. The third kappa shape index (κ3) is 3.33. The van der Waals surface area contributed by atoms with Crippen LogP contribution in [0.4, 0.5) is 0 Å². The van der Waals surface area contributed by atoms with Crippen molar-refractivity contribution < 1.29 is 17.6 Å². The first-order valence-electron chi connectivity index (χ1n) is 7.44. The number of rotatable bonds is 4. The van der Waals surface area contributed by atoms with Crippen LogP contribution in [0.25, 0.3) is 11.0 Å². The molecule has 0 aliphatic rings. The Bertz CT molecular complexity index is 954. The quantitative estimate of drug-likeness (QED) is 0.788. The highest BCUT2D eigenvalue weighted by molar-refractivity contribution is 7.90. The first kappa shape index (κ1) is 16.3. The van der Waals surface area contributed by atoms with Gasteiger partial charge in [0.05, 0.1) is 10.9 Å². The molecular weight excluding hydrogens is 326 g/mol. The number of para-hydroxylation sites is 1. The second-order valence-electron chi connectivity index (χ2n) is 5.68. The van der Waals surface area contributed by atoms with Crippen molar-refractivity contribution in [1.82, 2.24) is 5.32 Å². The summed E-state index contributed by atoms with van der Waals surface area (Å²) in [6, 6.07) is 15.3. The first-order chi connectivity index (χ1) is 11.3. The van der Waals surface area contributed by atoms with Crippen molar-refractivity contribution in [1.29, 1.82) is 0 Å². The van der Waals surface area contributed by atoms with Crippen LogP contribution in [0.5, 0.6) is 0 Å². The van der Waals surface area contributed by atoms with Crippen LogP contribution in [0.15, 0.2) is 63.9 Å². The third-order valence-corrected chi connectivity index (χ3v) is 4.93. The number of hydrogen-bond donors (Lipinski definition) is 1. The molecule has 0 radical (unpaired) electrons. The predicted molar refractivity (Wildman–Crippen MR) is 91.6 cm³/mol. The fourth-order valence-corrected chi connectivity index (χ4v) is 3.08. The molecule has 124 valence electrons. The van der Waals surface area contributed by atoms with E-state index in [4.69, 9.17) is 4.42 Å².